The van der Waals surface area contributed by atoms with Crippen molar-refractivity contribution >= 4 is 49.9 Å². The van der Waals surface area contributed by atoms with Crippen molar-refractivity contribution in [1.29, 1.82) is 0 Å². The van der Waals surface area contributed by atoms with Gasteiger partial charge >= 0.3 is 12.0 Å². The van der Waals surface area contributed by atoms with Gasteiger partial charge in [0.1, 0.15) is 5.75 Å². The molecule has 42 heavy (non-hydrogen) atoms. The van der Waals surface area contributed by atoms with Crippen molar-refractivity contribution in [2.75, 3.05) is 35.8 Å². The second-order valence-electron chi connectivity index (χ2n) is 10.3. The van der Waals surface area contributed by atoms with E-state index < -0.39 is 22.0 Å². The minimum Gasteiger partial charge on any atom is -0.492 e. The number of rotatable bonds is 8. The van der Waals surface area contributed by atoms with Crippen LogP contribution in [0.2, 0.25) is 0 Å². The first-order valence-electron chi connectivity index (χ1n) is 12.7. The van der Waals surface area contributed by atoms with Gasteiger partial charge in [-0.3, -0.25) is 4.72 Å². The third-order valence-corrected chi connectivity index (χ3v) is 6.64. The van der Waals surface area contributed by atoms with Gasteiger partial charge in [-0.25, -0.2) is 23.0 Å². The number of aromatic nitrogens is 2. The van der Waals surface area contributed by atoms with Crippen molar-refractivity contribution in [3.8, 4) is 17.4 Å². The Morgan fingerprint density at radius 1 is 0.881 bits per heavy atom. The smallest absolute Gasteiger partial charge is 0.376 e. The van der Waals surface area contributed by atoms with Crippen molar-refractivity contribution in [3.05, 3.63) is 72.2 Å². The SMILES string of the molecule is COC(=O)c1nccc(Oc2ccc(NC(=O)Nc3cc(C(C)(C)C)cc(NS(C)(=O)=O)c3OC)c3ccccc23)n1. The van der Waals surface area contributed by atoms with Crippen LogP contribution in [0.5, 0.6) is 17.4 Å². The van der Waals surface area contributed by atoms with Crippen LogP contribution in [0.3, 0.4) is 0 Å². The Morgan fingerprint density at radius 3 is 2.19 bits per heavy atom. The van der Waals surface area contributed by atoms with Crippen LogP contribution in [-0.2, 0) is 20.2 Å². The third-order valence-electron chi connectivity index (χ3n) is 6.05. The van der Waals surface area contributed by atoms with Crippen molar-refractivity contribution in [2.24, 2.45) is 0 Å². The maximum Gasteiger partial charge on any atom is 0.376 e. The number of nitrogens with zero attached hydrogens (tertiary/aromatic N) is 2. The Kier molecular flexibility index (Phi) is 8.52. The first-order valence-corrected chi connectivity index (χ1v) is 14.6. The predicted molar refractivity (Wildman–Crippen MR) is 160 cm³/mol. The van der Waals surface area contributed by atoms with E-state index in [9.17, 15) is 18.0 Å². The quantitative estimate of drug-likeness (QED) is 0.223. The van der Waals surface area contributed by atoms with Crippen LogP contribution in [0.25, 0.3) is 10.8 Å². The van der Waals surface area contributed by atoms with Gasteiger partial charge in [-0.15, -0.1) is 0 Å². The second-order valence-corrected chi connectivity index (χ2v) is 12.0. The number of urea groups is 1. The number of nitrogens with one attached hydrogen (secondary N) is 3. The number of carbonyl (C=O) groups is 2. The molecule has 0 aliphatic carbocycles. The average molecular weight is 594 g/mol. The highest BCUT2D eigenvalue weighted by Crippen LogP contribution is 2.39. The van der Waals surface area contributed by atoms with Crippen LogP contribution >= 0.6 is 0 Å². The first kappa shape index (κ1) is 30.1. The van der Waals surface area contributed by atoms with Gasteiger partial charge in [0, 0.05) is 23.0 Å². The summed E-state index contributed by atoms with van der Waals surface area (Å²) < 4.78 is 42.6. The fourth-order valence-corrected chi connectivity index (χ4v) is 4.65. The van der Waals surface area contributed by atoms with Gasteiger partial charge in [-0.2, -0.15) is 4.98 Å². The molecular weight excluding hydrogens is 562 g/mol. The number of amides is 2. The maximum atomic E-state index is 13.2. The molecule has 220 valence electrons. The van der Waals surface area contributed by atoms with E-state index in [0.29, 0.717) is 22.2 Å². The fourth-order valence-electron chi connectivity index (χ4n) is 4.10. The third kappa shape index (κ3) is 7.04. The lowest BCUT2D eigenvalue weighted by atomic mass is 9.86. The fraction of sp³-hybridized carbons (Fsp3) is 0.241. The number of fused-ring (bicyclic) bond motifs is 1. The van der Waals surface area contributed by atoms with Gasteiger partial charge < -0.3 is 24.8 Å². The summed E-state index contributed by atoms with van der Waals surface area (Å²) in [5.74, 6) is -0.108. The summed E-state index contributed by atoms with van der Waals surface area (Å²) >= 11 is 0. The Morgan fingerprint density at radius 2 is 1.55 bits per heavy atom. The van der Waals surface area contributed by atoms with E-state index in [1.807, 2.05) is 45.0 Å². The number of methoxy groups -OCH3 is 2. The minimum absolute atomic E-state index is 0.137. The molecule has 4 rings (SSSR count). The summed E-state index contributed by atoms with van der Waals surface area (Å²) in [4.78, 5) is 33.0. The molecule has 0 atom stereocenters. The summed E-state index contributed by atoms with van der Waals surface area (Å²) in [6.45, 7) is 5.91. The van der Waals surface area contributed by atoms with Crippen molar-refractivity contribution < 1.29 is 32.2 Å². The molecule has 0 aliphatic rings. The standard InChI is InChI=1S/C29H31N5O7S/c1-29(2,3)17-15-21(25(39-4)22(16-17)34-42(6,37)38)32-28(36)31-20-11-12-23(19-10-8-7-9-18(19)20)41-24-13-14-30-26(33-24)27(35)40-5/h7-16,34H,1-6H3,(H2,31,32,36). The van der Waals surface area contributed by atoms with Crippen LogP contribution < -0.4 is 24.8 Å². The zero-order chi connectivity index (χ0) is 30.7. The molecule has 0 fully saturated rings. The van der Waals surface area contributed by atoms with Gasteiger partial charge in [0.15, 0.2) is 5.75 Å². The molecule has 4 aromatic rings. The van der Waals surface area contributed by atoms with Crippen LogP contribution in [0, 0.1) is 0 Å². The monoisotopic (exact) mass is 593 g/mol. The molecule has 13 heteroatoms. The van der Waals surface area contributed by atoms with E-state index in [4.69, 9.17) is 9.47 Å². The van der Waals surface area contributed by atoms with E-state index in [1.165, 1.54) is 26.5 Å². The lowest BCUT2D eigenvalue weighted by Crippen LogP contribution is -2.22. The molecule has 3 N–H and O–H groups in total. The van der Waals surface area contributed by atoms with Gasteiger partial charge in [0.05, 0.1) is 37.5 Å². The molecule has 12 nitrogen and oxygen atoms in total. The van der Waals surface area contributed by atoms with E-state index >= 15 is 0 Å². The molecule has 1 aromatic heterocycles. The van der Waals surface area contributed by atoms with Gasteiger partial charge in [0.2, 0.25) is 21.7 Å². The first-order chi connectivity index (χ1) is 19.8. The summed E-state index contributed by atoms with van der Waals surface area (Å²) in [6.07, 6.45) is 2.42. The number of hydrogen-bond donors (Lipinski definition) is 3. The molecule has 0 unspecified atom stereocenters. The Balaban J connectivity index is 1.65. The van der Waals surface area contributed by atoms with Gasteiger partial charge in [0.25, 0.3) is 0 Å². The molecule has 0 saturated heterocycles. The molecule has 0 bridgehead atoms. The number of anilines is 3. The van der Waals surface area contributed by atoms with E-state index in [-0.39, 0.29) is 34.2 Å². The second kappa shape index (κ2) is 11.9. The lowest BCUT2D eigenvalue weighted by Gasteiger charge is -2.24. The number of esters is 1. The van der Waals surface area contributed by atoms with Crippen LogP contribution in [0.4, 0.5) is 21.9 Å². The molecule has 0 saturated carbocycles. The van der Waals surface area contributed by atoms with Gasteiger partial charge in [-0.1, -0.05) is 45.0 Å². The van der Waals surface area contributed by atoms with Gasteiger partial charge in [-0.05, 0) is 35.2 Å². The predicted octanol–water partition coefficient (Wildman–Crippen LogP) is 5.53. The topological polar surface area (TPSA) is 158 Å². The molecular formula is C29H31N5O7S. The summed E-state index contributed by atoms with van der Waals surface area (Å²) in [6, 6.07) is 14.9. The highest BCUT2D eigenvalue weighted by molar-refractivity contribution is 7.92. The summed E-state index contributed by atoms with van der Waals surface area (Å²) in [5, 5.41) is 6.97. The van der Waals surface area contributed by atoms with Crippen molar-refractivity contribution in [1.82, 2.24) is 9.97 Å². The minimum atomic E-state index is -3.63. The zero-order valence-electron chi connectivity index (χ0n) is 23.9. The molecule has 3 aromatic carbocycles. The zero-order valence-corrected chi connectivity index (χ0v) is 24.8. The van der Waals surface area contributed by atoms with E-state index in [0.717, 1.165) is 11.8 Å². The highest BCUT2D eigenvalue weighted by Gasteiger charge is 2.22. The normalized spacial score (nSPS) is 11.5. The molecule has 2 amide bonds. The molecule has 0 spiro atoms. The summed E-state index contributed by atoms with van der Waals surface area (Å²) in [5.41, 5.74) is 1.38. The van der Waals surface area contributed by atoms with Crippen LogP contribution in [-0.4, -0.2) is 50.9 Å². The molecule has 1 heterocycles. The molecule has 0 aliphatic heterocycles. The summed E-state index contributed by atoms with van der Waals surface area (Å²) in [7, 11) is -1.00. The Hall–Kier alpha value is -4.91. The molecule has 0 radical (unpaired) electrons. The Bertz CT molecular complexity index is 1770. The number of hydrogen-bond acceptors (Lipinski definition) is 9. The van der Waals surface area contributed by atoms with Crippen molar-refractivity contribution in [3.63, 3.8) is 0 Å². The lowest BCUT2D eigenvalue weighted by molar-refractivity contribution is 0.0585. The van der Waals surface area contributed by atoms with Crippen molar-refractivity contribution in [2.45, 2.75) is 26.2 Å². The van der Waals surface area contributed by atoms with E-state index in [1.54, 1.807) is 24.3 Å². The Labute approximate surface area is 243 Å². The highest BCUT2D eigenvalue weighted by atomic mass is 32.2. The van der Waals surface area contributed by atoms with Crippen LogP contribution in [0.1, 0.15) is 37.0 Å². The number of ether oxygens (including phenoxy) is 3. The number of sulfonamides is 1. The average Bonchev–Trinajstić information content (AvgIpc) is 2.92. The largest absolute Gasteiger partial charge is 0.492 e. The number of benzene rings is 3. The van der Waals surface area contributed by atoms with E-state index in [2.05, 4.69) is 30.1 Å². The maximum absolute atomic E-state index is 13.2. The van der Waals surface area contributed by atoms with Crippen LogP contribution in [0.15, 0.2) is 60.8 Å². The number of carbonyl (C=O) groups excluding carboxylic acids is 2.